The average molecular weight is 328 g/mol. The maximum Gasteiger partial charge on any atom is 0.350 e. The second-order valence-corrected chi connectivity index (χ2v) is 4.60. The van der Waals surface area contributed by atoms with Gasteiger partial charge in [0.05, 0.1) is 18.8 Å². The molecule has 0 bridgehead atoms. The van der Waals surface area contributed by atoms with Crippen molar-refractivity contribution in [1.29, 1.82) is 0 Å². The number of nitrogens with one attached hydrogen (secondary N) is 2. The molecule has 0 saturated carbocycles. The molecule has 0 fully saturated rings. The monoisotopic (exact) mass is 327 g/mol. The van der Waals surface area contributed by atoms with E-state index in [1.807, 2.05) is 0 Å². The summed E-state index contributed by atoms with van der Waals surface area (Å²) in [5.74, 6) is -1.41. The van der Waals surface area contributed by atoms with E-state index in [0.29, 0.717) is 5.56 Å². The van der Waals surface area contributed by atoms with E-state index in [0.717, 1.165) is 11.3 Å². The third kappa shape index (κ3) is 4.77. The first-order chi connectivity index (χ1) is 11.7. The predicted octanol–water partition coefficient (Wildman–Crippen LogP) is 2.59. The second-order valence-electron chi connectivity index (χ2n) is 3.72. The maximum absolute atomic E-state index is 12.3. The Morgan fingerprint density at radius 1 is 1.60 bits per heavy atom. The van der Waals surface area contributed by atoms with Gasteiger partial charge in [-0.05, 0) is 37.7 Å². The topological polar surface area (TPSA) is 67.4 Å². The number of hydrogen-bond donors (Lipinski definition) is 2. The van der Waals surface area contributed by atoms with Crippen LogP contribution >= 0.6 is 23.7 Å². The van der Waals surface area contributed by atoms with Crippen molar-refractivity contribution in [2.24, 2.45) is 0 Å². The van der Waals surface area contributed by atoms with Gasteiger partial charge < -0.3 is 15.4 Å². The zero-order chi connectivity index (χ0) is 20.5. The number of carbonyl (C=O) groups is 2. The van der Waals surface area contributed by atoms with Crippen LogP contribution in [0.1, 0.15) is 45.0 Å². The van der Waals surface area contributed by atoms with Crippen molar-refractivity contribution in [2.45, 2.75) is 33.1 Å². The summed E-state index contributed by atoms with van der Waals surface area (Å²) in [5, 5.41) is 6.17. The van der Waals surface area contributed by atoms with E-state index in [2.05, 4.69) is 15.4 Å². The van der Waals surface area contributed by atoms with Gasteiger partial charge in [-0.15, -0.1) is 23.7 Å². The number of thiophene rings is 1. The fourth-order valence-corrected chi connectivity index (χ4v) is 2.21. The van der Waals surface area contributed by atoms with Crippen LogP contribution in [0.5, 0.6) is 0 Å². The molecule has 1 unspecified atom stereocenters. The standard InChI is InChI=1S/C13H20N2O3S.ClH/c1-5-6-14-9(3)12(16)15-10-8(2)7-19-11(10)13(17)18-4;/h7,9,14H,5-6H2,1-4H3,(H,15,16);1H/i1D3,5D2,6D2;. The van der Waals surface area contributed by atoms with Crippen LogP contribution in [0.2, 0.25) is 0 Å². The summed E-state index contributed by atoms with van der Waals surface area (Å²) in [6, 6.07) is -1.28. The quantitative estimate of drug-likeness (QED) is 0.788. The third-order valence-electron chi connectivity index (χ3n) is 2.34. The number of methoxy groups -OCH3 is 1. The second kappa shape index (κ2) is 8.94. The van der Waals surface area contributed by atoms with Gasteiger partial charge in [-0.2, -0.15) is 0 Å². The van der Waals surface area contributed by atoms with Crippen LogP contribution < -0.4 is 10.6 Å². The van der Waals surface area contributed by atoms with Gasteiger partial charge in [-0.3, -0.25) is 4.79 Å². The molecule has 1 heterocycles. The fraction of sp³-hybridized carbons (Fsp3) is 0.538. The predicted molar refractivity (Wildman–Crippen MR) is 84.0 cm³/mol. The summed E-state index contributed by atoms with van der Waals surface area (Å²) in [7, 11) is 1.19. The Hall–Kier alpha value is -1.11. The highest BCUT2D eigenvalue weighted by molar-refractivity contribution is 7.12. The summed E-state index contributed by atoms with van der Waals surface area (Å²) >= 11 is 1.07. The summed E-state index contributed by atoms with van der Waals surface area (Å²) < 4.78 is 56.6. The van der Waals surface area contributed by atoms with E-state index in [1.165, 1.54) is 14.0 Å². The van der Waals surface area contributed by atoms with Crippen molar-refractivity contribution in [3.05, 3.63) is 15.8 Å². The molecular weight excluding hydrogens is 300 g/mol. The Kier molecular flexibility index (Phi) is 4.36. The zero-order valence-corrected chi connectivity index (χ0v) is 12.8. The fourth-order valence-electron chi connectivity index (χ4n) is 1.28. The van der Waals surface area contributed by atoms with Gasteiger partial charge in [0.1, 0.15) is 4.88 Å². The van der Waals surface area contributed by atoms with Crippen LogP contribution in [-0.2, 0) is 9.53 Å². The molecule has 0 aliphatic rings. The highest BCUT2D eigenvalue weighted by Gasteiger charge is 2.20. The van der Waals surface area contributed by atoms with Gasteiger partial charge in [0.2, 0.25) is 5.91 Å². The number of esters is 1. The van der Waals surface area contributed by atoms with Gasteiger partial charge in [0.25, 0.3) is 0 Å². The molecule has 1 aromatic heterocycles. The third-order valence-corrected chi connectivity index (χ3v) is 3.42. The lowest BCUT2D eigenvalue weighted by atomic mass is 10.2. The zero-order valence-electron chi connectivity index (χ0n) is 18.2. The van der Waals surface area contributed by atoms with Gasteiger partial charge >= 0.3 is 5.97 Å². The van der Waals surface area contributed by atoms with Crippen LogP contribution in [-0.4, -0.2) is 31.5 Å². The normalized spacial score (nSPS) is 18.6. The number of aryl methyl sites for hydroxylation is 1. The van der Waals surface area contributed by atoms with E-state index in [4.69, 9.17) is 9.60 Å². The summed E-state index contributed by atoms with van der Waals surface area (Å²) in [4.78, 5) is 24.2. The van der Waals surface area contributed by atoms with Crippen LogP contribution in [0.4, 0.5) is 5.69 Å². The van der Waals surface area contributed by atoms with E-state index >= 15 is 0 Å². The minimum Gasteiger partial charge on any atom is -0.465 e. The molecule has 0 spiro atoms. The smallest absolute Gasteiger partial charge is 0.350 e. The Morgan fingerprint density at radius 2 is 2.30 bits per heavy atom. The van der Waals surface area contributed by atoms with Crippen molar-refractivity contribution in [1.82, 2.24) is 5.32 Å². The van der Waals surface area contributed by atoms with E-state index < -0.39 is 37.6 Å². The number of amides is 1. The molecule has 1 rings (SSSR count). The van der Waals surface area contributed by atoms with Crippen molar-refractivity contribution in [3.8, 4) is 0 Å². The summed E-state index contributed by atoms with van der Waals surface area (Å²) in [6.07, 6.45) is -3.23. The minimum atomic E-state index is -3.23. The van der Waals surface area contributed by atoms with Crippen molar-refractivity contribution >= 4 is 41.3 Å². The lowest BCUT2D eigenvalue weighted by Gasteiger charge is -2.14. The SMILES string of the molecule is Cl.[2H]C([2H])([2H])C([2H])([2H])C([2H])([2H])NC(C)C(=O)Nc1c(C)csc1C(=O)OC. The number of carbonyl (C=O) groups excluding carboxylic acids is 2. The van der Waals surface area contributed by atoms with E-state index in [9.17, 15) is 9.59 Å². The molecular formula is C13H21ClN2O3S. The number of rotatable bonds is 6. The first kappa shape index (κ1) is 9.76. The Balaban J connectivity index is 0.00000676. The molecule has 0 aliphatic heterocycles. The minimum absolute atomic E-state index is 0. The molecule has 0 radical (unpaired) electrons. The van der Waals surface area contributed by atoms with Crippen LogP contribution in [0.15, 0.2) is 5.38 Å². The number of hydrogen-bond acceptors (Lipinski definition) is 5. The maximum atomic E-state index is 12.3. The molecule has 5 nitrogen and oxygen atoms in total. The van der Waals surface area contributed by atoms with Crippen molar-refractivity contribution in [3.63, 3.8) is 0 Å². The van der Waals surface area contributed by atoms with Crippen LogP contribution in [0, 0.1) is 6.92 Å². The van der Waals surface area contributed by atoms with Crippen molar-refractivity contribution in [2.75, 3.05) is 18.9 Å². The van der Waals surface area contributed by atoms with Crippen molar-refractivity contribution < 1.29 is 23.9 Å². The molecule has 20 heavy (non-hydrogen) atoms. The molecule has 0 aliphatic carbocycles. The first-order valence-corrected chi connectivity index (χ1v) is 6.28. The lowest BCUT2D eigenvalue weighted by Crippen LogP contribution is -2.38. The van der Waals surface area contributed by atoms with Crippen LogP contribution in [0.3, 0.4) is 0 Å². The molecule has 1 aromatic rings. The summed E-state index contributed by atoms with van der Waals surface area (Å²) in [5.41, 5.74) is 0.802. The molecule has 0 saturated heterocycles. The number of ether oxygens (including phenoxy) is 1. The molecule has 114 valence electrons. The Labute approximate surface area is 139 Å². The molecule has 7 heteroatoms. The lowest BCUT2D eigenvalue weighted by molar-refractivity contribution is -0.117. The van der Waals surface area contributed by atoms with E-state index in [1.54, 1.807) is 12.3 Å². The van der Waals surface area contributed by atoms with Gasteiger partial charge in [0.15, 0.2) is 0 Å². The van der Waals surface area contributed by atoms with Gasteiger partial charge in [0, 0.05) is 9.60 Å². The molecule has 1 amide bonds. The average Bonchev–Trinajstić information content (AvgIpc) is 2.85. The highest BCUT2D eigenvalue weighted by Crippen LogP contribution is 2.28. The molecule has 2 N–H and O–H groups in total. The van der Waals surface area contributed by atoms with Gasteiger partial charge in [-0.25, -0.2) is 4.79 Å². The number of halogens is 1. The first-order valence-electron chi connectivity index (χ1n) is 8.90. The summed E-state index contributed by atoms with van der Waals surface area (Å²) in [6.45, 7) is -3.34. The highest BCUT2D eigenvalue weighted by atomic mass is 35.5. The largest absolute Gasteiger partial charge is 0.465 e. The number of anilines is 1. The van der Waals surface area contributed by atoms with Gasteiger partial charge in [-0.1, -0.05) is 6.85 Å². The Morgan fingerprint density at radius 3 is 2.90 bits per heavy atom. The van der Waals surface area contributed by atoms with E-state index in [-0.39, 0.29) is 23.0 Å². The molecule has 0 aromatic carbocycles. The van der Waals surface area contributed by atoms with Crippen LogP contribution in [0.25, 0.3) is 0 Å². The Bertz CT molecular complexity index is 694. The molecule has 1 atom stereocenters.